The highest BCUT2D eigenvalue weighted by atomic mass is 19.4. The molecule has 0 spiro atoms. The number of fused-ring (bicyclic) bond motifs is 1. The Morgan fingerprint density at radius 2 is 2.08 bits per heavy atom. The van der Waals surface area contributed by atoms with Crippen LogP contribution >= 0.6 is 0 Å². The first-order valence-corrected chi connectivity index (χ1v) is 13.1. The molecule has 39 heavy (non-hydrogen) atoms. The third-order valence-electron chi connectivity index (χ3n) is 7.08. The molecule has 0 radical (unpaired) electrons. The SMILES string of the molecule is C=C(c1nc(/C=C/CNC(=O)C2CNN(C(C)C)C2)cc2c(O[C@@H]3CCN(C)C[C@@H]3F)cccc12)C(F)(F)F. The molecule has 11 heteroatoms. The standard InChI is InChI=1S/C28H35F4N5O2/c1-17(2)37-15-19(14-34-37)27(38)33-11-6-7-20-13-22-21(26(35-20)18(3)28(30,31)32)8-5-9-24(22)39-25-10-12-36(4)16-23(25)29/h5-9,13,17,19,23,25,34H,3,10-12,14-16H2,1-2,4H3,(H,33,38)/b7-6+/t19?,23-,25+/m0/s1. The molecule has 3 heterocycles. The Kier molecular flexibility index (Phi) is 8.93. The van der Waals surface area contributed by atoms with Crippen molar-refractivity contribution in [3.05, 3.63) is 48.3 Å². The lowest BCUT2D eigenvalue weighted by Gasteiger charge is -2.32. The summed E-state index contributed by atoms with van der Waals surface area (Å²) in [5, 5.41) is 5.44. The molecule has 2 aliphatic rings. The van der Waals surface area contributed by atoms with Gasteiger partial charge in [0.15, 0.2) is 0 Å². The zero-order valence-electron chi connectivity index (χ0n) is 22.4. The second-order valence-electron chi connectivity index (χ2n) is 10.4. The van der Waals surface area contributed by atoms with Crippen molar-refractivity contribution in [2.75, 3.05) is 39.8 Å². The first-order chi connectivity index (χ1) is 18.4. The van der Waals surface area contributed by atoms with Crippen molar-refractivity contribution < 1.29 is 27.1 Å². The quantitative estimate of drug-likeness (QED) is 0.481. The van der Waals surface area contributed by atoms with E-state index in [0.717, 1.165) is 0 Å². The second-order valence-corrected chi connectivity index (χ2v) is 10.4. The molecule has 1 aromatic carbocycles. The van der Waals surface area contributed by atoms with E-state index >= 15 is 0 Å². The Balaban J connectivity index is 1.56. The number of halogens is 4. The summed E-state index contributed by atoms with van der Waals surface area (Å²) in [5.41, 5.74) is 2.03. The number of rotatable bonds is 8. The number of allylic oxidation sites excluding steroid dienone is 1. The molecule has 2 fully saturated rings. The zero-order valence-corrected chi connectivity index (χ0v) is 22.4. The molecule has 0 bridgehead atoms. The molecule has 0 saturated carbocycles. The van der Waals surface area contributed by atoms with Gasteiger partial charge >= 0.3 is 6.18 Å². The van der Waals surface area contributed by atoms with E-state index in [1.807, 2.05) is 30.8 Å². The summed E-state index contributed by atoms with van der Waals surface area (Å²) in [6.45, 7) is 9.52. The highest BCUT2D eigenvalue weighted by Crippen LogP contribution is 2.38. The van der Waals surface area contributed by atoms with Crippen LogP contribution < -0.4 is 15.5 Å². The van der Waals surface area contributed by atoms with E-state index in [4.69, 9.17) is 4.74 Å². The van der Waals surface area contributed by atoms with Gasteiger partial charge in [-0.05, 0) is 45.5 Å². The third kappa shape index (κ3) is 6.95. The fraction of sp³-hybridized carbons (Fsp3) is 0.500. The van der Waals surface area contributed by atoms with Gasteiger partial charge in [0, 0.05) is 49.5 Å². The molecule has 1 amide bonds. The Hall–Kier alpha value is -3.02. The van der Waals surface area contributed by atoms with Gasteiger partial charge in [0.1, 0.15) is 18.0 Å². The number of nitrogens with zero attached hydrogens (tertiary/aromatic N) is 3. The molecule has 2 saturated heterocycles. The minimum Gasteiger partial charge on any atom is -0.487 e. The molecular weight excluding hydrogens is 514 g/mol. The second kappa shape index (κ2) is 12.0. The van der Waals surface area contributed by atoms with Crippen molar-refractivity contribution in [1.29, 1.82) is 0 Å². The van der Waals surface area contributed by atoms with Gasteiger partial charge in [0.2, 0.25) is 5.91 Å². The van der Waals surface area contributed by atoms with Crippen LogP contribution in [0.3, 0.4) is 0 Å². The molecule has 2 aliphatic heterocycles. The van der Waals surface area contributed by atoms with Gasteiger partial charge in [-0.2, -0.15) is 13.2 Å². The molecular formula is C28H35F4N5O2. The number of hydrazine groups is 1. The van der Waals surface area contributed by atoms with Gasteiger partial charge in [0.05, 0.1) is 22.9 Å². The number of hydrogen-bond donors (Lipinski definition) is 2. The Bertz CT molecular complexity index is 1230. The smallest absolute Gasteiger partial charge is 0.417 e. The minimum atomic E-state index is -4.69. The number of carbonyl (C=O) groups is 1. The lowest BCUT2D eigenvalue weighted by molar-refractivity contribution is -0.124. The number of piperidine rings is 1. The summed E-state index contributed by atoms with van der Waals surface area (Å²) in [4.78, 5) is 18.6. The molecule has 2 N–H and O–H groups in total. The molecule has 0 aliphatic carbocycles. The lowest BCUT2D eigenvalue weighted by Crippen LogP contribution is -2.45. The number of ether oxygens (including phenoxy) is 1. The number of nitrogens with one attached hydrogen (secondary N) is 2. The van der Waals surface area contributed by atoms with Crippen LogP contribution in [-0.2, 0) is 4.79 Å². The number of likely N-dealkylation sites (tertiary alicyclic amines) is 1. The summed E-state index contributed by atoms with van der Waals surface area (Å²) < 4.78 is 61.7. The van der Waals surface area contributed by atoms with Gasteiger partial charge in [-0.15, -0.1) is 0 Å². The van der Waals surface area contributed by atoms with E-state index in [2.05, 4.69) is 22.3 Å². The number of benzene rings is 1. The van der Waals surface area contributed by atoms with Crippen LogP contribution in [-0.4, -0.2) is 85.1 Å². The van der Waals surface area contributed by atoms with E-state index < -0.39 is 24.0 Å². The molecule has 7 nitrogen and oxygen atoms in total. The Morgan fingerprint density at radius 1 is 1.31 bits per heavy atom. The minimum absolute atomic E-state index is 0.109. The van der Waals surface area contributed by atoms with Crippen LogP contribution in [0.1, 0.15) is 31.7 Å². The average molecular weight is 550 g/mol. The van der Waals surface area contributed by atoms with E-state index in [0.29, 0.717) is 31.4 Å². The van der Waals surface area contributed by atoms with Crippen LogP contribution in [0, 0.1) is 5.92 Å². The van der Waals surface area contributed by atoms with Crippen molar-refractivity contribution >= 4 is 28.3 Å². The number of carbonyl (C=O) groups excluding carboxylic acids is 1. The van der Waals surface area contributed by atoms with Gasteiger partial charge in [-0.1, -0.05) is 24.8 Å². The van der Waals surface area contributed by atoms with Gasteiger partial charge in [-0.3, -0.25) is 10.2 Å². The molecule has 2 aromatic rings. The third-order valence-corrected chi connectivity index (χ3v) is 7.08. The maximum Gasteiger partial charge on any atom is 0.417 e. The maximum atomic E-state index is 14.7. The number of pyridine rings is 1. The number of aromatic nitrogens is 1. The molecule has 1 unspecified atom stereocenters. The predicted molar refractivity (Wildman–Crippen MR) is 144 cm³/mol. The van der Waals surface area contributed by atoms with Crippen LogP contribution in [0.2, 0.25) is 0 Å². The molecule has 3 atom stereocenters. The first kappa shape index (κ1) is 29.0. The predicted octanol–water partition coefficient (Wildman–Crippen LogP) is 4.21. The highest BCUT2D eigenvalue weighted by Gasteiger charge is 2.35. The summed E-state index contributed by atoms with van der Waals surface area (Å²) in [6, 6.07) is 6.59. The fourth-order valence-electron chi connectivity index (χ4n) is 4.80. The van der Waals surface area contributed by atoms with E-state index in [1.165, 1.54) is 6.07 Å². The summed E-state index contributed by atoms with van der Waals surface area (Å²) in [5.74, 6) is -0.0165. The Morgan fingerprint density at radius 3 is 2.74 bits per heavy atom. The van der Waals surface area contributed by atoms with Gasteiger partial charge in [0.25, 0.3) is 0 Å². The topological polar surface area (TPSA) is 69.7 Å². The number of hydrogen-bond acceptors (Lipinski definition) is 6. The lowest BCUT2D eigenvalue weighted by atomic mass is 10.0. The first-order valence-electron chi connectivity index (χ1n) is 13.1. The van der Waals surface area contributed by atoms with E-state index in [-0.39, 0.29) is 53.5 Å². The summed E-state index contributed by atoms with van der Waals surface area (Å²) >= 11 is 0. The van der Waals surface area contributed by atoms with Crippen LogP contribution in [0.4, 0.5) is 17.6 Å². The van der Waals surface area contributed by atoms with Crippen LogP contribution in [0.5, 0.6) is 5.75 Å². The van der Waals surface area contributed by atoms with Crippen molar-refractivity contribution in [3.63, 3.8) is 0 Å². The normalized spacial score (nSPS) is 23.1. The van der Waals surface area contributed by atoms with Crippen molar-refractivity contribution in [2.45, 2.75) is 44.8 Å². The summed E-state index contributed by atoms with van der Waals surface area (Å²) in [7, 11) is 1.83. The largest absolute Gasteiger partial charge is 0.487 e. The highest BCUT2D eigenvalue weighted by molar-refractivity contribution is 5.97. The number of amides is 1. The zero-order chi connectivity index (χ0) is 28.3. The molecule has 212 valence electrons. The fourth-order valence-corrected chi connectivity index (χ4v) is 4.80. The maximum absolute atomic E-state index is 14.7. The van der Waals surface area contributed by atoms with Crippen molar-refractivity contribution in [1.82, 2.24) is 25.6 Å². The monoisotopic (exact) mass is 549 g/mol. The van der Waals surface area contributed by atoms with Crippen molar-refractivity contribution in [2.24, 2.45) is 5.92 Å². The van der Waals surface area contributed by atoms with E-state index in [1.54, 1.807) is 30.4 Å². The van der Waals surface area contributed by atoms with E-state index in [9.17, 15) is 22.4 Å². The molecule has 1 aromatic heterocycles. The molecule has 4 rings (SSSR count). The average Bonchev–Trinajstić information content (AvgIpc) is 3.38. The summed E-state index contributed by atoms with van der Waals surface area (Å²) in [6.07, 6.45) is -2.99. The number of alkyl halides is 4. The van der Waals surface area contributed by atoms with Crippen LogP contribution in [0.25, 0.3) is 22.4 Å². The van der Waals surface area contributed by atoms with Gasteiger partial charge < -0.3 is 15.0 Å². The Labute approximate surface area is 225 Å². The van der Waals surface area contributed by atoms with Gasteiger partial charge in [-0.25, -0.2) is 14.4 Å². The van der Waals surface area contributed by atoms with Crippen molar-refractivity contribution in [3.8, 4) is 5.75 Å². The van der Waals surface area contributed by atoms with Crippen LogP contribution in [0.15, 0.2) is 36.9 Å².